The standard InChI is InChI=1S/C15H29F3O2/c1-2-3-12-20-13-10-8-6-4-5-7-9-11-14(19)15(16,17)18/h14,19H,2-13H2,1H3. The molecule has 0 aliphatic heterocycles. The fourth-order valence-corrected chi connectivity index (χ4v) is 1.94. The van der Waals surface area contributed by atoms with Gasteiger partial charge in [-0.05, 0) is 19.3 Å². The van der Waals surface area contributed by atoms with Gasteiger partial charge in [-0.3, -0.25) is 0 Å². The molecule has 20 heavy (non-hydrogen) atoms. The van der Waals surface area contributed by atoms with Gasteiger partial charge >= 0.3 is 6.18 Å². The third-order valence-corrected chi connectivity index (χ3v) is 3.29. The summed E-state index contributed by atoms with van der Waals surface area (Å²) < 4.78 is 41.5. The SMILES string of the molecule is CCCCOCCCCCCCCCC(O)C(F)(F)F. The van der Waals surface area contributed by atoms with Gasteiger partial charge in [0.1, 0.15) is 6.10 Å². The van der Waals surface area contributed by atoms with Crippen molar-refractivity contribution in [3.63, 3.8) is 0 Å². The Morgan fingerprint density at radius 1 is 0.850 bits per heavy atom. The van der Waals surface area contributed by atoms with E-state index in [0.29, 0.717) is 6.42 Å². The Kier molecular flexibility index (Phi) is 12.3. The summed E-state index contributed by atoms with van der Waals surface area (Å²) in [5.74, 6) is 0. The highest BCUT2D eigenvalue weighted by molar-refractivity contribution is 4.64. The van der Waals surface area contributed by atoms with Gasteiger partial charge in [0.2, 0.25) is 0 Å². The molecule has 0 aromatic heterocycles. The van der Waals surface area contributed by atoms with Crippen molar-refractivity contribution in [2.24, 2.45) is 0 Å². The van der Waals surface area contributed by atoms with Crippen LogP contribution in [0.25, 0.3) is 0 Å². The van der Waals surface area contributed by atoms with Crippen LogP contribution in [0.1, 0.15) is 71.1 Å². The zero-order chi connectivity index (χ0) is 15.3. The van der Waals surface area contributed by atoms with Crippen LogP contribution < -0.4 is 0 Å². The molecule has 0 rings (SSSR count). The summed E-state index contributed by atoms with van der Waals surface area (Å²) in [6.45, 7) is 3.80. The highest BCUT2D eigenvalue weighted by Crippen LogP contribution is 2.24. The first kappa shape index (κ1) is 19.7. The second-order valence-electron chi connectivity index (χ2n) is 5.29. The van der Waals surface area contributed by atoms with Crippen molar-refractivity contribution in [1.82, 2.24) is 0 Å². The molecule has 0 bridgehead atoms. The van der Waals surface area contributed by atoms with Crippen LogP contribution in [0.15, 0.2) is 0 Å². The monoisotopic (exact) mass is 298 g/mol. The largest absolute Gasteiger partial charge is 0.414 e. The third-order valence-electron chi connectivity index (χ3n) is 3.29. The van der Waals surface area contributed by atoms with Crippen LogP contribution in [0.2, 0.25) is 0 Å². The average Bonchev–Trinajstić information content (AvgIpc) is 2.38. The topological polar surface area (TPSA) is 29.5 Å². The number of ether oxygens (including phenoxy) is 1. The fourth-order valence-electron chi connectivity index (χ4n) is 1.94. The van der Waals surface area contributed by atoms with Crippen molar-refractivity contribution in [2.75, 3.05) is 13.2 Å². The van der Waals surface area contributed by atoms with Crippen LogP contribution >= 0.6 is 0 Å². The molecule has 0 spiro atoms. The Balaban J connectivity index is 3.14. The van der Waals surface area contributed by atoms with E-state index in [9.17, 15) is 13.2 Å². The summed E-state index contributed by atoms with van der Waals surface area (Å²) in [5.41, 5.74) is 0. The van der Waals surface area contributed by atoms with Gasteiger partial charge in [-0.25, -0.2) is 0 Å². The molecular weight excluding hydrogens is 269 g/mol. The molecule has 0 heterocycles. The molecule has 0 amide bonds. The smallest absolute Gasteiger partial charge is 0.384 e. The molecule has 0 aromatic carbocycles. The molecule has 2 nitrogen and oxygen atoms in total. The summed E-state index contributed by atoms with van der Waals surface area (Å²) in [5, 5.41) is 8.81. The number of halogens is 3. The summed E-state index contributed by atoms with van der Waals surface area (Å²) in [7, 11) is 0. The first-order chi connectivity index (χ1) is 9.48. The number of aliphatic hydroxyl groups excluding tert-OH is 1. The maximum absolute atomic E-state index is 12.0. The van der Waals surface area contributed by atoms with E-state index in [2.05, 4.69) is 6.92 Å². The maximum atomic E-state index is 12.0. The zero-order valence-corrected chi connectivity index (χ0v) is 12.6. The number of alkyl halides is 3. The number of aliphatic hydroxyl groups is 1. The molecule has 5 heteroatoms. The second kappa shape index (κ2) is 12.5. The van der Waals surface area contributed by atoms with Crippen LogP contribution in [0, 0.1) is 0 Å². The van der Waals surface area contributed by atoms with Crippen molar-refractivity contribution >= 4 is 0 Å². The van der Waals surface area contributed by atoms with E-state index in [4.69, 9.17) is 9.84 Å². The predicted molar refractivity (Wildman–Crippen MR) is 74.7 cm³/mol. The average molecular weight is 298 g/mol. The van der Waals surface area contributed by atoms with Crippen LogP contribution in [0.4, 0.5) is 13.2 Å². The van der Waals surface area contributed by atoms with Gasteiger partial charge in [-0.15, -0.1) is 0 Å². The second-order valence-corrected chi connectivity index (χ2v) is 5.29. The predicted octanol–water partition coefficient (Wildman–Crippen LogP) is 4.85. The van der Waals surface area contributed by atoms with Gasteiger partial charge in [0.05, 0.1) is 0 Å². The maximum Gasteiger partial charge on any atom is 0.414 e. The van der Waals surface area contributed by atoms with E-state index in [0.717, 1.165) is 64.6 Å². The van der Waals surface area contributed by atoms with E-state index >= 15 is 0 Å². The van der Waals surface area contributed by atoms with Crippen LogP contribution in [-0.2, 0) is 4.74 Å². The lowest BCUT2D eigenvalue weighted by Crippen LogP contribution is -2.28. The van der Waals surface area contributed by atoms with Gasteiger partial charge in [0.15, 0.2) is 0 Å². The first-order valence-corrected chi connectivity index (χ1v) is 7.81. The number of hydrogen-bond acceptors (Lipinski definition) is 2. The Labute approximate surface area is 120 Å². The molecule has 0 fully saturated rings. The molecule has 0 saturated carbocycles. The van der Waals surface area contributed by atoms with Gasteiger partial charge in [-0.2, -0.15) is 13.2 Å². The Bertz CT molecular complexity index is 208. The minimum atomic E-state index is -4.46. The van der Waals surface area contributed by atoms with Crippen molar-refractivity contribution in [2.45, 2.75) is 83.4 Å². The van der Waals surface area contributed by atoms with Gasteiger partial charge in [0, 0.05) is 13.2 Å². The van der Waals surface area contributed by atoms with Gasteiger partial charge in [-0.1, -0.05) is 51.9 Å². The molecule has 0 aromatic rings. The van der Waals surface area contributed by atoms with Crippen LogP contribution in [0.3, 0.4) is 0 Å². The minimum absolute atomic E-state index is 0.172. The molecule has 1 N–H and O–H groups in total. The lowest BCUT2D eigenvalue weighted by molar-refractivity contribution is -0.205. The summed E-state index contributed by atoms with van der Waals surface area (Å²) in [4.78, 5) is 0. The number of unbranched alkanes of at least 4 members (excludes halogenated alkanes) is 7. The number of rotatable bonds is 13. The fraction of sp³-hybridized carbons (Fsp3) is 1.00. The molecule has 122 valence electrons. The van der Waals surface area contributed by atoms with E-state index in [1.54, 1.807) is 0 Å². The number of hydrogen-bond donors (Lipinski definition) is 1. The molecule has 0 saturated heterocycles. The normalized spacial score (nSPS) is 13.7. The highest BCUT2D eigenvalue weighted by atomic mass is 19.4. The van der Waals surface area contributed by atoms with Crippen molar-refractivity contribution in [3.8, 4) is 0 Å². The third kappa shape index (κ3) is 12.7. The highest BCUT2D eigenvalue weighted by Gasteiger charge is 2.37. The quantitative estimate of drug-likeness (QED) is 0.493. The van der Waals surface area contributed by atoms with Crippen molar-refractivity contribution in [1.29, 1.82) is 0 Å². The van der Waals surface area contributed by atoms with Crippen LogP contribution in [0.5, 0.6) is 0 Å². The summed E-state index contributed by atoms with van der Waals surface area (Å²) in [6.07, 6.45) is 1.99. The molecular formula is C15H29F3O2. The molecule has 0 radical (unpaired) electrons. The molecule has 1 unspecified atom stereocenters. The van der Waals surface area contributed by atoms with E-state index in [1.807, 2.05) is 0 Å². The lowest BCUT2D eigenvalue weighted by atomic mass is 10.1. The molecule has 1 atom stereocenters. The van der Waals surface area contributed by atoms with Crippen molar-refractivity contribution < 1.29 is 23.0 Å². The Morgan fingerprint density at radius 3 is 1.90 bits per heavy atom. The summed E-state index contributed by atoms with van der Waals surface area (Å²) >= 11 is 0. The van der Waals surface area contributed by atoms with Gasteiger partial charge < -0.3 is 9.84 Å². The van der Waals surface area contributed by atoms with Crippen LogP contribution in [-0.4, -0.2) is 30.6 Å². The van der Waals surface area contributed by atoms with E-state index < -0.39 is 12.3 Å². The molecule has 0 aliphatic rings. The minimum Gasteiger partial charge on any atom is -0.384 e. The summed E-state index contributed by atoms with van der Waals surface area (Å²) in [6, 6.07) is 0. The van der Waals surface area contributed by atoms with Gasteiger partial charge in [0.25, 0.3) is 0 Å². The Hall–Kier alpha value is -0.290. The first-order valence-electron chi connectivity index (χ1n) is 7.81. The Morgan fingerprint density at radius 2 is 1.35 bits per heavy atom. The van der Waals surface area contributed by atoms with E-state index in [1.165, 1.54) is 0 Å². The molecule has 0 aliphatic carbocycles. The lowest BCUT2D eigenvalue weighted by Gasteiger charge is -2.13. The van der Waals surface area contributed by atoms with Crippen molar-refractivity contribution in [3.05, 3.63) is 0 Å². The van der Waals surface area contributed by atoms with E-state index in [-0.39, 0.29) is 6.42 Å². The zero-order valence-electron chi connectivity index (χ0n) is 12.6.